The fourth-order valence-corrected chi connectivity index (χ4v) is 3.54. The van der Waals surface area contributed by atoms with Crippen molar-refractivity contribution in [1.82, 2.24) is 0 Å². The molecule has 0 bridgehead atoms. The summed E-state index contributed by atoms with van der Waals surface area (Å²) in [7, 11) is 0. The van der Waals surface area contributed by atoms with Gasteiger partial charge in [-0.3, -0.25) is 0 Å². The molecule has 0 unspecified atom stereocenters. The molecular weight excluding hydrogens is 342 g/mol. The maximum Gasteiger partial charge on any atom is 0.137 e. The molecule has 0 radical (unpaired) electrons. The van der Waals surface area contributed by atoms with Crippen molar-refractivity contribution in [3.8, 4) is 0 Å². The van der Waals surface area contributed by atoms with Crippen molar-refractivity contribution < 1.29 is 4.42 Å². The van der Waals surface area contributed by atoms with Gasteiger partial charge in [-0.05, 0) is 52.3 Å². The number of rotatable bonds is 2. The van der Waals surface area contributed by atoms with Crippen molar-refractivity contribution in [2.75, 3.05) is 5.32 Å². The first-order chi connectivity index (χ1) is 13.1. The Morgan fingerprint density at radius 3 is 1.86 bits per heavy atom. The highest BCUT2D eigenvalue weighted by Gasteiger charge is 2.20. The molecule has 2 nitrogen and oxygen atoms in total. The SMILES string of the molecule is CC(C)(C)c1cc(Nc2ccc3c(c2)oc2ccccc23)cc(C(C)(C)C)c1. The molecule has 0 fully saturated rings. The lowest BCUT2D eigenvalue weighted by molar-refractivity contribution is 0.569. The summed E-state index contributed by atoms with van der Waals surface area (Å²) in [6.07, 6.45) is 0. The summed E-state index contributed by atoms with van der Waals surface area (Å²) in [5.41, 5.74) is 6.87. The normalized spacial score (nSPS) is 12.6. The third kappa shape index (κ3) is 3.52. The van der Waals surface area contributed by atoms with Crippen molar-refractivity contribution >= 4 is 33.3 Å². The number of para-hydroxylation sites is 1. The fraction of sp³-hybridized carbons (Fsp3) is 0.308. The zero-order chi connectivity index (χ0) is 20.1. The van der Waals surface area contributed by atoms with Crippen LogP contribution in [0.1, 0.15) is 52.7 Å². The molecule has 1 aromatic heterocycles. The van der Waals surface area contributed by atoms with E-state index in [0.717, 1.165) is 33.3 Å². The standard InChI is InChI=1S/C26H29NO/c1-25(2,3)17-13-18(26(4,5)6)15-20(14-17)27-19-11-12-22-21-9-7-8-10-23(21)28-24(22)16-19/h7-16,27H,1-6H3. The number of hydrogen-bond donors (Lipinski definition) is 1. The van der Waals surface area contributed by atoms with E-state index in [0.29, 0.717) is 0 Å². The van der Waals surface area contributed by atoms with Crippen molar-refractivity contribution in [3.05, 3.63) is 71.8 Å². The molecule has 0 aliphatic heterocycles. The maximum absolute atomic E-state index is 6.05. The topological polar surface area (TPSA) is 25.2 Å². The van der Waals surface area contributed by atoms with Gasteiger partial charge in [-0.2, -0.15) is 0 Å². The summed E-state index contributed by atoms with van der Waals surface area (Å²) in [6.45, 7) is 13.6. The molecule has 1 heterocycles. The molecule has 0 amide bonds. The molecule has 0 spiro atoms. The third-order valence-corrected chi connectivity index (χ3v) is 5.33. The van der Waals surface area contributed by atoms with Gasteiger partial charge in [-0.25, -0.2) is 0 Å². The van der Waals surface area contributed by atoms with E-state index in [1.54, 1.807) is 0 Å². The van der Waals surface area contributed by atoms with Gasteiger partial charge in [0.15, 0.2) is 0 Å². The van der Waals surface area contributed by atoms with Crippen molar-refractivity contribution in [1.29, 1.82) is 0 Å². The smallest absolute Gasteiger partial charge is 0.137 e. The first-order valence-electron chi connectivity index (χ1n) is 9.96. The minimum absolute atomic E-state index is 0.0976. The Morgan fingerprint density at radius 1 is 0.607 bits per heavy atom. The van der Waals surface area contributed by atoms with E-state index >= 15 is 0 Å². The quantitative estimate of drug-likeness (QED) is 0.387. The molecule has 0 saturated carbocycles. The molecule has 4 aromatic rings. The fourth-order valence-electron chi connectivity index (χ4n) is 3.54. The van der Waals surface area contributed by atoms with Crippen LogP contribution in [0.3, 0.4) is 0 Å². The van der Waals surface area contributed by atoms with Gasteiger partial charge < -0.3 is 9.73 Å². The first-order valence-corrected chi connectivity index (χ1v) is 9.96. The molecule has 28 heavy (non-hydrogen) atoms. The molecule has 4 rings (SSSR count). The highest BCUT2D eigenvalue weighted by atomic mass is 16.3. The van der Waals surface area contributed by atoms with Gasteiger partial charge >= 0.3 is 0 Å². The van der Waals surface area contributed by atoms with E-state index < -0.39 is 0 Å². The second-order valence-corrected chi connectivity index (χ2v) is 9.73. The van der Waals surface area contributed by atoms with Crippen LogP contribution in [0.4, 0.5) is 11.4 Å². The minimum atomic E-state index is 0.0976. The monoisotopic (exact) mass is 371 g/mol. The minimum Gasteiger partial charge on any atom is -0.456 e. The van der Waals surface area contributed by atoms with E-state index in [2.05, 4.69) is 95.4 Å². The number of anilines is 2. The van der Waals surface area contributed by atoms with Crippen LogP contribution in [0, 0.1) is 0 Å². The molecule has 0 saturated heterocycles. The summed E-state index contributed by atoms with van der Waals surface area (Å²) < 4.78 is 6.05. The molecule has 0 aliphatic rings. The van der Waals surface area contributed by atoms with E-state index in [1.807, 2.05) is 12.1 Å². The second kappa shape index (κ2) is 6.41. The van der Waals surface area contributed by atoms with E-state index in [4.69, 9.17) is 4.42 Å². The predicted molar refractivity (Wildman–Crippen MR) is 121 cm³/mol. The lowest BCUT2D eigenvalue weighted by Gasteiger charge is -2.26. The number of nitrogens with one attached hydrogen (secondary N) is 1. The van der Waals surface area contributed by atoms with Crippen LogP contribution in [-0.4, -0.2) is 0 Å². The molecule has 2 heteroatoms. The number of fused-ring (bicyclic) bond motifs is 3. The maximum atomic E-state index is 6.05. The van der Waals surface area contributed by atoms with Crippen LogP contribution in [0.25, 0.3) is 21.9 Å². The van der Waals surface area contributed by atoms with Crippen molar-refractivity contribution in [2.24, 2.45) is 0 Å². The van der Waals surface area contributed by atoms with Gasteiger partial charge in [-0.15, -0.1) is 0 Å². The Bertz CT molecular complexity index is 1120. The zero-order valence-corrected chi connectivity index (χ0v) is 17.7. The average Bonchev–Trinajstić information content (AvgIpc) is 2.97. The molecule has 3 aromatic carbocycles. The van der Waals surface area contributed by atoms with Gasteiger partial charge in [0.05, 0.1) is 0 Å². The highest BCUT2D eigenvalue weighted by Crippen LogP contribution is 2.35. The van der Waals surface area contributed by atoms with Crippen LogP contribution in [0.2, 0.25) is 0 Å². The summed E-state index contributed by atoms with van der Waals surface area (Å²) in [5, 5.41) is 5.92. The Hall–Kier alpha value is -2.74. The Labute approximate surface area is 167 Å². The van der Waals surface area contributed by atoms with Gasteiger partial charge in [0.1, 0.15) is 11.2 Å². The van der Waals surface area contributed by atoms with Crippen LogP contribution < -0.4 is 5.32 Å². The Kier molecular flexibility index (Phi) is 4.26. The number of hydrogen-bond acceptors (Lipinski definition) is 2. The number of benzene rings is 3. The lowest BCUT2D eigenvalue weighted by atomic mass is 9.80. The van der Waals surface area contributed by atoms with Gasteiger partial charge in [0, 0.05) is 28.2 Å². The summed E-state index contributed by atoms with van der Waals surface area (Å²) in [4.78, 5) is 0. The third-order valence-electron chi connectivity index (χ3n) is 5.33. The Balaban J connectivity index is 1.76. The number of furan rings is 1. The molecular formula is C26H29NO. The Morgan fingerprint density at radius 2 is 1.21 bits per heavy atom. The summed E-state index contributed by atoms with van der Waals surface area (Å²) in [5.74, 6) is 0. The van der Waals surface area contributed by atoms with E-state index in [9.17, 15) is 0 Å². The van der Waals surface area contributed by atoms with Crippen LogP contribution in [-0.2, 0) is 10.8 Å². The summed E-state index contributed by atoms with van der Waals surface area (Å²) in [6, 6.07) is 21.4. The largest absolute Gasteiger partial charge is 0.456 e. The average molecular weight is 372 g/mol. The first kappa shape index (κ1) is 18.6. The van der Waals surface area contributed by atoms with Gasteiger partial charge in [0.25, 0.3) is 0 Å². The van der Waals surface area contributed by atoms with Crippen molar-refractivity contribution in [2.45, 2.75) is 52.4 Å². The van der Waals surface area contributed by atoms with Gasteiger partial charge in [-0.1, -0.05) is 65.8 Å². The zero-order valence-electron chi connectivity index (χ0n) is 17.7. The van der Waals surface area contributed by atoms with Crippen LogP contribution >= 0.6 is 0 Å². The molecule has 0 atom stereocenters. The predicted octanol–water partition coefficient (Wildman–Crippen LogP) is 7.92. The van der Waals surface area contributed by atoms with Gasteiger partial charge in [0.2, 0.25) is 0 Å². The molecule has 0 aliphatic carbocycles. The van der Waals surface area contributed by atoms with Crippen LogP contribution in [0.15, 0.2) is 65.1 Å². The lowest BCUT2D eigenvalue weighted by Crippen LogP contribution is -2.16. The second-order valence-electron chi connectivity index (χ2n) is 9.73. The summed E-state index contributed by atoms with van der Waals surface area (Å²) >= 11 is 0. The molecule has 1 N–H and O–H groups in total. The van der Waals surface area contributed by atoms with Crippen LogP contribution in [0.5, 0.6) is 0 Å². The van der Waals surface area contributed by atoms with E-state index in [1.165, 1.54) is 11.1 Å². The molecule has 144 valence electrons. The van der Waals surface area contributed by atoms with E-state index in [-0.39, 0.29) is 10.8 Å². The highest BCUT2D eigenvalue weighted by molar-refractivity contribution is 6.05. The van der Waals surface area contributed by atoms with Crippen molar-refractivity contribution in [3.63, 3.8) is 0 Å².